The molecule has 0 aliphatic carbocycles. The first-order valence-electron chi connectivity index (χ1n) is 5.22. The second-order valence-electron chi connectivity index (χ2n) is 3.51. The molecular weight excluding hydrogens is 257 g/mol. The van der Waals surface area contributed by atoms with Crippen molar-refractivity contribution < 1.29 is 0 Å². The van der Waals surface area contributed by atoms with Crippen molar-refractivity contribution in [2.24, 2.45) is 0 Å². The Bertz CT molecular complexity index is 468. The van der Waals surface area contributed by atoms with Gasteiger partial charge in [0.2, 0.25) is 5.28 Å². The number of nitrogens with one attached hydrogen (secondary N) is 1. The van der Waals surface area contributed by atoms with Crippen LogP contribution in [0.2, 0.25) is 10.4 Å². The Labute approximate surface area is 110 Å². The molecule has 1 heterocycles. The molecule has 2 aromatic rings. The highest BCUT2D eigenvalue weighted by Gasteiger charge is 2.00. The third kappa shape index (κ3) is 3.88. The van der Waals surface area contributed by atoms with Gasteiger partial charge in [0.05, 0.1) is 0 Å². The van der Waals surface area contributed by atoms with E-state index < -0.39 is 0 Å². The van der Waals surface area contributed by atoms with Gasteiger partial charge in [-0.25, -0.2) is 9.97 Å². The zero-order chi connectivity index (χ0) is 12.1. The zero-order valence-electron chi connectivity index (χ0n) is 9.03. The molecule has 0 atom stereocenters. The Morgan fingerprint density at radius 2 is 1.82 bits per heavy atom. The minimum Gasteiger partial charge on any atom is -0.370 e. The fraction of sp³-hybridized carbons (Fsp3) is 0.167. The van der Waals surface area contributed by atoms with Gasteiger partial charge in [-0.3, -0.25) is 0 Å². The second-order valence-corrected chi connectivity index (χ2v) is 4.23. The molecule has 3 nitrogen and oxygen atoms in total. The van der Waals surface area contributed by atoms with Crippen LogP contribution in [0, 0.1) is 0 Å². The quantitative estimate of drug-likeness (QED) is 0.681. The van der Waals surface area contributed by atoms with E-state index in [9.17, 15) is 0 Å². The van der Waals surface area contributed by atoms with Gasteiger partial charge in [0.1, 0.15) is 11.0 Å². The maximum absolute atomic E-state index is 5.77. The molecule has 88 valence electrons. The molecule has 5 heteroatoms. The van der Waals surface area contributed by atoms with Gasteiger partial charge in [-0.1, -0.05) is 41.9 Å². The Morgan fingerprint density at radius 3 is 2.53 bits per heavy atom. The van der Waals surface area contributed by atoms with Gasteiger partial charge in [0, 0.05) is 12.6 Å². The molecule has 0 radical (unpaired) electrons. The minimum absolute atomic E-state index is 0.153. The van der Waals surface area contributed by atoms with Crippen LogP contribution in [0.15, 0.2) is 36.4 Å². The summed E-state index contributed by atoms with van der Waals surface area (Å²) >= 11 is 11.5. The molecule has 0 spiro atoms. The summed E-state index contributed by atoms with van der Waals surface area (Å²) in [5.41, 5.74) is 1.27. The number of halogens is 2. The Balaban J connectivity index is 1.90. The Kier molecular flexibility index (Phi) is 4.18. The van der Waals surface area contributed by atoms with Crippen LogP contribution in [-0.2, 0) is 6.42 Å². The number of benzene rings is 1. The number of rotatable bonds is 4. The van der Waals surface area contributed by atoms with E-state index in [0.29, 0.717) is 11.0 Å². The van der Waals surface area contributed by atoms with Gasteiger partial charge in [-0.15, -0.1) is 0 Å². The average Bonchev–Trinajstić information content (AvgIpc) is 2.29. The molecule has 0 amide bonds. The van der Waals surface area contributed by atoms with Gasteiger partial charge in [0.25, 0.3) is 0 Å². The minimum atomic E-state index is 0.153. The highest BCUT2D eigenvalue weighted by atomic mass is 35.5. The molecule has 0 aliphatic rings. The van der Waals surface area contributed by atoms with E-state index in [-0.39, 0.29) is 5.28 Å². The van der Waals surface area contributed by atoms with E-state index in [4.69, 9.17) is 23.2 Å². The maximum atomic E-state index is 5.77. The van der Waals surface area contributed by atoms with Crippen LogP contribution in [0.25, 0.3) is 0 Å². The third-order valence-electron chi connectivity index (χ3n) is 2.23. The van der Waals surface area contributed by atoms with Crippen molar-refractivity contribution in [2.75, 3.05) is 11.9 Å². The lowest BCUT2D eigenvalue weighted by Gasteiger charge is -2.05. The van der Waals surface area contributed by atoms with Crippen LogP contribution < -0.4 is 5.32 Å². The van der Waals surface area contributed by atoms with E-state index in [2.05, 4.69) is 27.4 Å². The normalized spacial score (nSPS) is 10.2. The lowest BCUT2D eigenvalue weighted by atomic mass is 10.1. The summed E-state index contributed by atoms with van der Waals surface area (Å²) in [6.07, 6.45) is 0.917. The largest absolute Gasteiger partial charge is 0.370 e. The van der Waals surface area contributed by atoms with Gasteiger partial charge >= 0.3 is 0 Å². The summed E-state index contributed by atoms with van der Waals surface area (Å²) in [4.78, 5) is 7.80. The van der Waals surface area contributed by atoms with Crippen molar-refractivity contribution in [3.63, 3.8) is 0 Å². The van der Waals surface area contributed by atoms with Crippen molar-refractivity contribution in [3.8, 4) is 0 Å². The number of anilines is 1. The van der Waals surface area contributed by atoms with Crippen molar-refractivity contribution in [1.82, 2.24) is 9.97 Å². The second kappa shape index (κ2) is 5.84. The number of nitrogens with zero attached hydrogens (tertiary/aromatic N) is 2. The summed E-state index contributed by atoms with van der Waals surface area (Å²) in [6, 6.07) is 11.9. The van der Waals surface area contributed by atoms with E-state index in [1.807, 2.05) is 18.2 Å². The molecule has 0 fully saturated rings. The van der Waals surface area contributed by atoms with E-state index >= 15 is 0 Å². The zero-order valence-corrected chi connectivity index (χ0v) is 10.5. The summed E-state index contributed by atoms with van der Waals surface area (Å²) in [6.45, 7) is 0.772. The van der Waals surface area contributed by atoms with Crippen molar-refractivity contribution in [3.05, 3.63) is 52.4 Å². The molecule has 1 N–H and O–H groups in total. The fourth-order valence-electron chi connectivity index (χ4n) is 1.46. The lowest BCUT2D eigenvalue weighted by Crippen LogP contribution is -2.06. The smallest absolute Gasteiger partial charge is 0.225 e. The number of hydrogen-bond donors (Lipinski definition) is 1. The predicted octanol–water partition coefficient (Wildman–Crippen LogP) is 3.44. The van der Waals surface area contributed by atoms with Gasteiger partial charge in [0.15, 0.2) is 0 Å². The van der Waals surface area contributed by atoms with Crippen LogP contribution in [0.5, 0.6) is 0 Å². The van der Waals surface area contributed by atoms with Crippen molar-refractivity contribution in [2.45, 2.75) is 6.42 Å². The van der Waals surface area contributed by atoms with Crippen molar-refractivity contribution in [1.29, 1.82) is 0 Å². The highest BCUT2D eigenvalue weighted by Crippen LogP contribution is 2.14. The lowest BCUT2D eigenvalue weighted by molar-refractivity contribution is 0.999. The highest BCUT2D eigenvalue weighted by molar-refractivity contribution is 6.32. The van der Waals surface area contributed by atoms with Gasteiger partial charge < -0.3 is 5.32 Å². The summed E-state index contributed by atoms with van der Waals surface area (Å²) in [5, 5.41) is 3.65. The van der Waals surface area contributed by atoms with E-state index in [1.165, 1.54) is 5.56 Å². The van der Waals surface area contributed by atoms with Crippen LogP contribution in [0.3, 0.4) is 0 Å². The fourth-order valence-corrected chi connectivity index (χ4v) is 1.87. The summed E-state index contributed by atoms with van der Waals surface area (Å²) in [5.74, 6) is 0.644. The van der Waals surface area contributed by atoms with Gasteiger partial charge in [-0.05, 0) is 23.6 Å². The average molecular weight is 268 g/mol. The van der Waals surface area contributed by atoms with Crippen LogP contribution in [0.1, 0.15) is 5.56 Å². The predicted molar refractivity (Wildman–Crippen MR) is 70.7 cm³/mol. The molecule has 1 aromatic carbocycles. The van der Waals surface area contributed by atoms with Crippen LogP contribution in [0.4, 0.5) is 5.82 Å². The molecular formula is C12H11Cl2N3. The first kappa shape index (κ1) is 12.1. The first-order valence-corrected chi connectivity index (χ1v) is 5.97. The third-order valence-corrected chi connectivity index (χ3v) is 2.59. The molecule has 0 aliphatic heterocycles. The SMILES string of the molecule is Clc1cc(NCCc2ccccc2)nc(Cl)n1. The molecule has 1 aromatic heterocycles. The topological polar surface area (TPSA) is 37.8 Å². The molecule has 0 bridgehead atoms. The Morgan fingerprint density at radius 1 is 1.06 bits per heavy atom. The summed E-state index contributed by atoms with van der Waals surface area (Å²) < 4.78 is 0. The molecule has 2 rings (SSSR count). The van der Waals surface area contributed by atoms with Gasteiger partial charge in [-0.2, -0.15) is 0 Å². The summed E-state index contributed by atoms with van der Waals surface area (Å²) in [7, 11) is 0. The monoisotopic (exact) mass is 267 g/mol. The number of aromatic nitrogens is 2. The standard InChI is InChI=1S/C12H11Cl2N3/c13-10-8-11(17-12(14)16-10)15-7-6-9-4-2-1-3-5-9/h1-5,8H,6-7H2,(H,15,16,17). The first-order chi connectivity index (χ1) is 8.24. The van der Waals surface area contributed by atoms with Crippen LogP contribution in [-0.4, -0.2) is 16.5 Å². The van der Waals surface area contributed by atoms with E-state index in [0.717, 1.165) is 13.0 Å². The molecule has 0 saturated carbocycles. The maximum Gasteiger partial charge on any atom is 0.225 e. The molecule has 0 saturated heterocycles. The Hall–Kier alpha value is -1.32. The van der Waals surface area contributed by atoms with E-state index in [1.54, 1.807) is 6.07 Å². The molecule has 17 heavy (non-hydrogen) atoms. The molecule has 0 unspecified atom stereocenters. The number of hydrogen-bond acceptors (Lipinski definition) is 3. The van der Waals surface area contributed by atoms with Crippen molar-refractivity contribution >= 4 is 29.0 Å². The van der Waals surface area contributed by atoms with Crippen LogP contribution >= 0.6 is 23.2 Å².